The number of guanidine groups is 1. The van der Waals surface area contributed by atoms with Crippen molar-refractivity contribution in [2.24, 2.45) is 10.9 Å². The van der Waals surface area contributed by atoms with Crippen LogP contribution in [0.25, 0.3) is 0 Å². The van der Waals surface area contributed by atoms with Gasteiger partial charge in [0.05, 0.1) is 13.2 Å². The van der Waals surface area contributed by atoms with Crippen LogP contribution in [0.4, 0.5) is 4.79 Å². The number of nitrogens with one attached hydrogen (secondary N) is 2. The van der Waals surface area contributed by atoms with Gasteiger partial charge in [-0.25, -0.2) is 9.79 Å². The van der Waals surface area contributed by atoms with Crippen molar-refractivity contribution in [3.8, 4) is 0 Å². The van der Waals surface area contributed by atoms with Gasteiger partial charge in [-0.3, -0.25) is 4.79 Å². The van der Waals surface area contributed by atoms with Gasteiger partial charge in [-0.1, -0.05) is 0 Å². The largest absolute Gasteiger partial charge is 0.450 e. The van der Waals surface area contributed by atoms with Crippen LogP contribution in [-0.4, -0.2) is 93.9 Å². The summed E-state index contributed by atoms with van der Waals surface area (Å²) >= 11 is 0. The summed E-state index contributed by atoms with van der Waals surface area (Å²) in [6.45, 7) is 5.93. The molecule has 0 aliphatic carbocycles. The predicted octanol–water partition coefficient (Wildman–Crippen LogP) is 0.267. The molecule has 2 aliphatic rings. The van der Waals surface area contributed by atoms with E-state index >= 15 is 0 Å². The van der Waals surface area contributed by atoms with E-state index in [1.165, 1.54) is 4.90 Å². The van der Waals surface area contributed by atoms with E-state index in [1.54, 1.807) is 19.0 Å². The highest BCUT2D eigenvalue weighted by Crippen LogP contribution is 2.12. The van der Waals surface area contributed by atoms with Crippen molar-refractivity contribution in [2.45, 2.75) is 32.2 Å². The molecule has 2 amide bonds. The molecule has 2 rings (SSSR count). The molecule has 0 aromatic carbocycles. The highest BCUT2D eigenvalue weighted by atomic mass is 16.6. The van der Waals surface area contributed by atoms with E-state index in [1.807, 2.05) is 6.92 Å². The van der Waals surface area contributed by atoms with E-state index in [-0.39, 0.29) is 24.6 Å². The third kappa shape index (κ3) is 7.24. The minimum Gasteiger partial charge on any atom is -0.450 e. The number of hydrogen-bond donors (Lipinski definition) is 2. The topological polar surface area (TPSA) is 95.5 Å². The van der Waals surface area contributed by atoms with E-state index in [0.717, 1.165) is 39.0 Å². The predicted molar refractivity (Wildman–Crippen MR) is 103 cm³/mol. The van der Waals surface area contributed by atoms with Gasteiger partial charge in [-0.05, 0) is 26.2 Å². The number of rotatable bonds is 6. The van der Waals surface area contributed by atoms with E-state index in [2.05, 4.69) is 15.6 Å². The SMILES string of the molecule is CCOC(=O)N1CCC(NC(=NCC(=O)N(C)C)NCC2CCOC2)CC1. The van der Waals surface area contributed by atoms with Crippen LogP contribution in [0.1, 0.15) is 26.2 Å². The first-order valence-corrected chi connectivity index (χ1v) is 9.74. The van der Waals surface area contributed by atoms with Gasteiger partial charge in [-0.15, -0.1) is 0 Å². The number of carbonyl (C=O) groups is 2. The number of likely N-dealkylation sites (N-methyl/N-ethyl adjacent to an activating group) is 1. The lowest BCUT2D eigenvalue weighted by molar-refractivity contribution is -0.127. The van der Waals surface area contributed by atoms with Gasteiger partial charge in [-0.2, -0.15) is 0 Å². The molecule has 154 valence electrons. The molecule has 27 heavy (non-hydrogen) atoms. The van der Waals surface area contributed by atoms with Crippen LogP contribution in [0, 0.1) is 5.92 Å². The van der Waals surface area contributed by atoms with Crippen molar-refractivity contribution >= 4 is 18.0 Å². The second-order valence-corrected chi connectivity index (χ2v) is 7.17. The fraction of sp³-hybridized carbons (Fsp3) is 0.833. The summed E-state index contributed by atoms with van der Waals surface area (Å²) in [5, 5.41) is 6.75. The van der Waals surface area contributed by atoms with E-state index < -0.39 is 0 Å². The third-order valence-electron chi connectivity index (χ3n) is 4.82. The molecular formula is C18H33N5O4. The average molecular weight is 383 g/mol. The Bertz CT molecular complexity index is 512. The number of carbonyl (C=O) groups excluding carboxylic acids is 2. The zero-order valence-corrected chi connectivity index (χ0v) is 16.7. The molecule has 1 atom stereocenters. The second-order valence-electron chi connectivity index (χ2n) is 7.17. The number of aliphatic imine (C=N–C) groups is 1. The zero-order valence-electron chi connectivity index (χ0n) is 16.7. The molecule has 0 saturated carbocycles. The molecule has 2 N–H and O–H groups in total. The Morgan fingerprint density at radius 2 is 2.00 bits per heavy atom. The standard InChI is InChI=1S/C18H33N5O4/c1-4-27-18(25)23-8-5-15(6-9-23)21-17(20-12-16(24)22(2)3)19-11-14-7-10-26-13-14/h14-15H,4-13H2,1-3H3,(H2,19,20,21). The van der Waals surface area contributed by atoms with Crippen molar-refractivity contribution < 1.29 is 19.1 Å². The summed E-state index contributed by atoms with van der Waals surface area (Å²) in [6, 6.07) is 0.205. The molecule has 0 aromatic rings. The van der Waals surface area contributed by atoms with Gasteiger partial charge >= 0.3 is 6.09 Å². The van der Waals surface area contributed by atoms with Crippen molar-refractivity contribution in [3.05, 3.63) is 0 Å². The maximum Gasteiger partial charge on any atom is 0.409 e. The van der Waals surface area contributed by atoms with Crippen molar-refractivity contribution in [2.75, 3.05) is 60.1 Å². The summed E-state index contributed by atoms with van der Waals surface area (Å²) in [4.78, 5) is 31.4. The summed E-state index contributed by atoms with van der Waals surface area (Å²) in [7, 11) is 3.44. The molecule has 2 fully saturated rings. The first kappa shape index (κ1) is 21.3. The van der Waals surface area contributed by atoms with E-state index in [4.69, 9.17) is 9.47 Å². The quantitative estimate of drug-likeness (QED) is 0.505. The normalized spacial score (nSPS) is 21.1. The van der Waals surface area contributed by atoms with Crippen LogP contribution >= 0.6 is 0 Å². The van der Waals surface area contributed by atoms with Gasteiger partial charge in [0.25, 0.3) is 0 Å². The summed E-state index contributed by atoms with van der Waals surface area (Å²) < 4.78 is 10.5. The Hall–Kier alpha value is -2.03. The highest BCUT2D eigenvalue weighted by molar-refractivity contribution is 5.85. The Labute approximate surface area is 161 Å². The molecule has 0 aromatic heterocycles. The number of hydrogen-bond acceptors (Lipinski definition) is 5. The Balaban J connectivity index is 1.85. The van der Waals surface area contributed by atoms with Crippen LogP contribution in [0.15, 0.2) is 4.99 Å². The van der Waals surface area contributed by atoms with Crippen molar-refractivity contribution in [1.29, 1.82) is 0 Å². The third-order valence-corrected chi connectivity index (χ3v) is 4.82. The van der Waals surface area contributed by atoms with Crippen LogP contribution in [-0.2, 0) is 14.3 Å². The van der Waals surface area contributed by atoms with Gasteiger partial charge in [0.15, 0.2) is 5.96 Å². The smallest absolute Gasteiger partial charge is 0.409 e. The van der Waals surface area contributed by atoms with Crippen molar-refractivity contribution in [1.82, 2.24) is 20.4 Å². The molecule has 2 heterocycles. The zero-order chi connectivity index (χ0) is 19.6. The maximum atomic E-state index is 11.9. The lowest BCUT2D eigenvalue weighted by atomic mass is 10.1. The molecule has 0 bridgehead atoms. The minimum absolute atomic E-state index is 0.0440. The van der Waals surface area contributed by atoms with Gasteiger partial charge in [0.1, 0.15) is 6.54 Å². The maximum absolute atomic E-state index is 11.9. The molecule has 9 nitrogen and oxygen atoms in total. The minimum atomic E-state index is -0.249. The summed E-state index contributed by atoms with van der Waals surface area (Å²) in [5.74, 6) is 1.07. The molecule has 0 spiro atoms. The number of amides is 2. The van der Waals surface area contributed by atoms with Crippen LogP contribution in [0.3, 0.4) is 0 Å². The molecular weight excluding hydrogens is 350 g/mol. The van der Waals surface area contributed by atoms with Gasteiger partial charge in [0, 0.05) is 52.3 Å². The fourth-order valence-corrected chi connectivity index (χ4v) is 3.04. The van der Waals surface area contributed by atoms with Crippen LogP contribution in [0.5, 0.6) is 0 Å². The molecule has 2 aliphatic heterocycles. The fourth-order valence-electron chi connectivity index (χ4n) is 3.04. The molecule has 0 radical (unpaired) electrons. The number of piperidine rings is 1. The van der Waals surface area contributed by atoms with E-state index in [0.29, 0.717) is 31.6 Å². The van der Waals surface area contributed by atoms with E-state index in [9.17, 15) is 9.59 Å². The Kier molecular flexibility index (Phi) is 8.63. The van der Waals surface area contributed by atoms with Crippen molar-refractivity contribution in [3.63, 3.8) is 0 Å². The number of likely N-dealkylation sites (tertiary alicyclic amines) is 1. The first-order chi connectivity index (χ1) is 13.0. The average Bonchev–Trinajstić information content (AvgIpc) is 3.18. The molecule has 1 unspecified atom stereocenters. The molecule has 2 saturated heterocycles. The van der Waals surface area contributed by atoms with Crippen LogP contribution < -0.4 is 10.6 Å². The number of nitrogens with zero attached hydrogens (tertiary/aromatic N) is 3. The molecule has 9 heteroatoms. The number of ether oxygens (including phenoxy) is 2. The Morgan fingerprint density at radius 3 is 2.59 bits per heavy atom. The lowest BCUT2D eigenvalue weighted by Gasteiger charge is -2.32. The lowest BCUT2D eigenvalue weighted by Crippen LogP contribution is -2.50. The first-order valence-electron chi connectivity index (χ1n) is 9.74. The highest BCUT2D eigenvalue weighted by Gasteiger charge is 2.24. The summed E-state index contributed by atoms with van der Waals surface area (Å²) in [6.07, 6.45) is 2.41. The second kappa shape index (κ2) is 11.0. The monoisotopic (exact) mass is 383 g/mol. The van der Waals surface area contributed by atoms with Gasteiger partial charge < -0.3 is 29.9 Å². The van der Waals surface area contributed by atoms with Crippen LogP contribution in [0.2, 0.25) is 0 Å². The summed E-state index contributed by atoms with van der Waals surface area (Å²) in [5.41, 5.74) is 0. The van der Waals surface area contributed by atoms with Gasteiger partial charge in [0.2, 0.25) is 5.91 Å². The Morgan fingerprint density at radius 1 is 1.26 bits per heavy atom.